The van der Waals surface area contributed by atoms with Crippen molar-refractivity contribution in [3.05, 3.63) is 88.9 Å². The number of furan rings is 1. The van der Waals surface area contributed by atoms with Crippen LogP contribution in [-0.2, 0) is 16.1 Å². The number of hydrogen-bond donors (Lipinski definition) is 1. The van der Waals surface area contributed by atoms with E-state index in [-0.39, 0.29) is 17.9 Å². The van der Waals surface area contributed by atoms with Gasteiger partial charge in [-0.3, -0.25) is 9.59 Å². The van der Waals surface area contributed by atoms with Gasteiger partial charge >= 0.3 is 0 Å². The number of ketones is 1. The van der Waals surface area contributed by atoms with E-state index in [1.807, 2.05) is 13.8 Å². The van der Waals surface area contributed by atoms with Crippen LogP contribution < -0.4 is 9.47 Å². The first-order valence-electron chi connectivity index (χ1n) is 11.1. The maximum absolute atomic E-state index is 13.2. The van der Waals surface area contributed by atoms with Gasteiger partial charge in [-0.1, -0.05) is 25.1 Å². The Bertz CT molecular complexity index is 1230. The standard InChI is InChI=1S/C27H27NO6/c1-4-13-34-21-12-11-18(15-17(21)2)25(29)23-24(20-9-5-6-10-22(20)32-3)28(27(31)26(23)30)16-19-8-7-14-33-19/h5-12,14-15,24,29H,4,13,16H2,1-3H3/b25-23+. The number of hydrogen-bond acceptors (Lipinski definition) is 6. The van der Waals surface area contributed by atoms with Gasteiger partial charge in [0.1, 0.15) is 23.0 Å². The number of carbonyl (C=O) groups excluding carboxylic acids is 2. The molecular weight excluding hydrogens is 434 g/mol. The lowest BCUT2D eigenvalue weighted by molar-refractivity contribution is -0.140. The van der Waals surface area contributed by atoms with Crippen LogP contribution in [0.3, 0.4) is 0 Å². The van der Waals surface area contributed by atoms with Crippen molar-refractivity contribution in [1.29, 1.82) is 0 Å². The Morgan fingerprint density at radius 3 is 2.56 bits per heavy atom. The Hall–Kier alpha value is -4.00. The lowest BCUT2D eigenvalue weighted by Crippen LogP contribution is -2.29. The smallest absolute Gasteiger partial charge is 0.296 e. The molecule has 2 aromatic carbocycles. The van der Waals surface area contributed by atoms with Crippen LogP contribution in [0.25, 0.3) is 5.76 Å². The van der Waals surface area contributed by atoms with Crippen LogP contribution in [-0.4, -0.2) is 35.4 Å². The summed E-state index contributed by atoms with van der Waals surface area (Å²) in [6, 6.07) is 14.9. The summed E-state index contributed by atoms with van der Waals surface area (Å²) in [6.45, 7) is 4.54. The number of aliphatic hydroxyl groups is 1. The van der Waals surface area contributed by atoms with Crippen molar-refractivity contribution in [2.24, 2.45) is 0 Å². The molecule has 2 heterocycles. The molecule has 0 radical (unpaired) electrons. The van der Waals surface area contributed by atoms with Gasteiger partial charge in [-0.2, -0.15) is 0 Å². The quantitative estimate of drug-likeness (QED) is 0.288. The Balaban J connectivity index is 1.84. The Morgan fingerprint density at radius 1 is 1.09 bits per heavy atom. The predicted octanol–water partition coefficient (Wildman–Crippen LogP) is 5.01. The Kier molecular flexibility index (Phi) is 6.72. The van der Waals surface area contributed by atoms with Gasteiger partial charge in [0.15, 0.2) is 0 Å². The molecule has 0 spiro atoms. The van der Waals surface area contributed by atoms with E-state index in [1.54, 1.807) is 54.6 Å². The highest BCUT2D eigenvalue weighted by Gasteiger charge is 2.47. The second kappa shape index (κ2) is 9.87. The molecule has 3 aromatic rings. The molecule has 1 N–H and O–H groups in total. The second-order valence-electron chi connectivity index (χ2n) is 8.08. The summed E-state index contributed by atoms with van der Waals surface area (Å²) in [5, 5.41) is 11.3. The van der Waals surface area contributed by atoms with Crippen LogP contribution >= 0.6 is 0 Å². The number of carbonyl (C=O) groups is 2. The van der Waals surface area contributed by atoms with Crippen molar-refractivity contribution in [2.75, 3.05) is 13.7 Å². The molecule has 34 heavy (non-hydrogen) atoms. The molecule has 7 nitrogen and oxygen atoms in total. The minimum Gasteiger partial charge on any atom is -0.507 e. The fraction of sp³-hybridized carbons (Fsp3) is 0.259. The number of nitrogens with zero attached hydrogens (tertiary/aromatic N) is 1. The van der Waals surface area contributed by atoms with Crippen molar-refractivity contribution < 1.29 is 28.6 Å². The molecular formula is C27H27NO6. The van der Waals surface area contributed by atoms with Crippen LogP contribution in [0.2, 0.25) is 0 Å². The monoisotopic (exact) mass is 461 g/mol. The Labute approximate surface area is 198 Å². The number of amides is 1. The van der Waals surface area contributed by atoms with Crippen molar-refractivity contribution in [2.45, 2.75) is 32.9 Å². The second-order valence-corrected chi connectivity index (χ2v) is 8.08. The van der Waals surface area contributed by atoms with E-state index >= 15 is 0 Å². The molecule has 0 aliphatic carbocycles. The maximum Gasteiger partial charge on any atom is 0.296 e. The van der Waals surface area contributed by atoms with Gasteiger partial charge in [0.05, 0.1) is 38.1 Å². The topological polar surface area (TPSA) is 89.2 Å². The minimum absolute atomic E-state index is 0.00248. The van der Waals surface area contributed by atoms with Crippen molar-refractivity contribution in [3.8, 4) is 11.5 Å². The number of likely N-dealkylation sites (tertiary alicyclic amines) is 1. The van der Waals surface area contributed by atoms with Gasteiger partial charge in [-0.25, -0.2) is 0 Å². The van der Waals surface area contributed by atoms with Crippen LogP contribution in [0.4, 0.5) is 0 Å². The van der Waals surface area contributed by atoms with Crippen LogP contribution in [0.5, 0.6) is 11.5 Å². The summed E-state index contributed by atoms with van der Waals surface area (Å²) in [7, 11) is 1.52. The summed E-state index contributed by atoms with van der Waals surface area (Å²) in [5.41, 5.74) is 1.84. The lowest BCUT2D eigenvalue weighted by Gasteiger charge is -2.25. The number of Topliss-reactive ketones (excluding diaryl/α,β-unsaturated/α-hetero) is 1. The molecule has 0 bridgehead atoms. The molecule has 0 saturated carbocycles. The molecule has 1 aliphatic heterocycles. The van der Waals surface area contributed by atoms with Gasteiger partial charge in [-0.05, 0) is 55.3 Å². The lowest BCUT2D eigenvalue weighted by atomic mass is 9.94. The number of para-hydroxylation sites is 1. The fourth-order valence-corrected chi connectivity index (χ4v) is 4.16. The zero-order chi connectivity index (χ0) is 24.2. The van der Waals surface area contributed by atoms with E-state index < -0.39 is 17.7 Å². The average Bonchev–Trinajstić information content (AvgIpc) is 3.45. The first-order valence-corrected chi connectivity index (χ1v) is 11.1. The first-order chi connectivity index (χ1) is 16.5. The molecule has 4 rings (SSSR count). The van der Waals surface area contributed by atoms with Crippen LogP contribution in [0, 0.1) is 6.92 Å². The first kappa shape index (κ1) is 23.2. The number of rotatable bonds is 8. The largest absolute Gasteiger partial charge is 0.507 e. The maximum atomic E-state index is 13.2. The van der Waals surface area contributed by atoms with E-state index in [4.69, 9.17) is 13.9 Å². The van der Waals surface area contributed by atoms with Gasteiger partial charge in [-0.15, -0.1) is 0 Å². The molecule has 1 atom stereocenters. The van der Waals surface area contributed by atoms with E-state index in [2.05, 4.69) is 0 Å². The summed E-state index contributed by atoms with van der Waals surface area (Å²) in [6.07, 6.45) is 2.38. The molecule has 176 valence electrons. The molecule has 1 aliphatic rings. The molecule has 1 aromatic heterocycles. The van der Waals surface area contributed by atoms with Crippen molar-refractivity contribution >= 4 is 17.4 Å². The SMILES string of the molecule is CCCOc1ccc(/C(O)=C2\C(=O)C(=O)N(Cc3ccco3)C2c2ccccc2OC)cc1C. The highest BCUT2D eigenvalue weighted by molar-refractivity contribution is 6.46. The zero-order valence-electron chi connectivity index (χ0n) is 19.4. The highest BCUT2D eigenvalue weighted by Crippen LogP contribution is 2.43. The average molecular weight is 462 g/mol. The third-order valence-electron chi connectivity index (χ3n) is 5.79. The minimum atomic E-state index is -0.849. The molecule has 1 saturated heterocycles. The summed E-state index contributed by atoms with van der Waals surface area (Å²) >= 11 is 0. The molecule has 1 fully saturated rings. The van der Waals surface area contributed by atoms with E-state index in [0.717, 1.165) is 12.0 Å². The van der Waals surface area contributed by atoms with E-state index in [0.29, 0.717) is 35.0 Å². The number of aliphatic hydroxyl groups excluding tert-OH is 1. The van der Waals surface area contributed by atoms with Gasteiger partial charge < -0.3 is 23.9 Å². The molecule has 1 unspecified atom stereocenters. The van der Waals surface area contributed by atoms with E-state index in [9.17, 15) is 14.7 Å². The Morgan fingerprint density at radius 2 is 1.88 bits per heavy atom. The van der Waals surface area contributed by atoms with Gasteiger partial charge in [0.25, 0.3) is 11.7 Å². The number of benzene rings is 2. The summed E-state index contributed by atoms with van der Waals surface area (Å²) in [5.74, 6) is 0.0102. The van der Waals surface area contributed by atoms with Crippen molar-refractivity contribution in [1.82, 2.24) is 4.90 Å². The summed E-state index contributed by atoms with van der Waals surface area (Å²) in [4.78, 5) is 27.8. The van der Waals surface area contributed by atoms with Gasteiger partial charge in [0.2, 0.25) is 0 Å². The fourth-order valence-electron chi connectivity index (χ4n) is 4.16. The number of aryl methyl sites for hydroxylation is 1. The van der Waals surface area contributed by atoms with Crippen LogP contribution in [0.1, 0.15) is 41.8 Å². The normalized spacial score (nSPS) is 17.3. The summed E-state index contributed by atoms with van der Waals surface area (Å²) < 4.78 is 16.7. The van der Waals surface area contributed by atoms with Crippen molar-refractivity contribution in [3.63, 3.8) is 0 Å². The third kappa shape index (κ3) is 4.29. The number of methoxy groups -OCH3 is 1. The third-order valence-corrected chi connectivity index (χ3v) is 5.79. The van der Waals surface area contributed by atoms with Crippen LogP contribution in [0.15, 0.2) is 70.9 Å². The van der Waals surface area contributed by atoms with E-state index in [1.165, 1.54) is 18.3 Å². The molecule has 7 heteroatoms. The highest BCUT2D eigenvalue weighted by atomic mass is 16.5. The predicted molar refractivity (Wildman–Crippen MR) is 127 cm³/mol. The zero-order valence-corrected chi connectivity index (χ0v) is 19.4. The van der Waals surface area contributed by atoms with Gasteiger partial charge in [0, 0.05) is 11.1 Å². The molecule has 1 amide bonds. The number of ether oxygens (including phenoxy) is 2.